The van der Waals surface area contributed by atoms with E-state index in [1.807, 2.05) is 54.6 Å². The Kier molecular flexibility index (Phi) is 7.18. The topological polar surface area (TPSA) is 55.8 Å². The van der Waals surface area contributed by atoms with Crippen LogP contribution in [-0.2, 0) is 21.3 Å². The Hall–Kier alpha value is -1.99. The minimum absolute atomic E-state index is 0.0423. The highest BCUT2D eigenvalue weighted by Crippen LogP contribution is 2.29. The lowest BCUT2D eigenvalue weighted by Crippen LogP contribution is -2.40. The average molecular weight is 406 g/mol. The van der Waals surface area contributed by atoms with Crippen LogP contribution >= 0.6 is 11.8 Å². The minimum Gasteiger partial charge on any atom is -0.493 e. The molecule has 0 bridgehead atoms. The van der Waals surface area contributed by atoms with Crippen molar-refractivity contribution in [1.29, 1.82) is 0 Å². The Morgan fingerprint density at radius 1 is 1.15 bits per heavy atom. The largest absolute Gasteiger partial charge is 0.493 e. The number of thioether (sulfide) groups is 1. The van der Waals surface area contributed by atoms with Gasteiger partial charge >= 0.3 is 0 Å². The maximum Gasteiger partial charge on any atom is 0.236 e. The van der Waals surface area contributed by atoms with E-state index in [9.17, 15) is 9.00 Å². The van der Waals surface area contributed by atoms with Crippen molar-refractivity contribution in [2.45, 2.75) is 11.1 Å². The second-order valence-corrected chi connectivity index (χ2v) is 8.83. The van der Waals surface area contributed by atoms with Crippen molar-refractivity contribution < 1.29 is 18.5 Å². The van der Waals surface area contributed by atoms with Gasteiger partial charge in [-0.15, -0.1) is 11.8 Å². The molecule has 0 spiro atoms. The number of para-hydroxylation sites is 2. The van der Waals surface area contributed by atoms with Crippen LogP contribution in [0.15, 0.2) is 54.6 Å². The monoisotopic (exact) mass is 405 g/mol. The van der Waals surface area contributed by atoms with Crippen LogP contribution in [0, 0.1) is 0 Å². The number of hydrogen-bond acceptors (Lipinski definition) is 5. The van der Waals surface area contributed by atoms with Crippen LogP contribution in [0.4, 0.5) is 0 Å². The number of ether oxygens (including phenoxy) is 2. The Morgan fingerprint density at radius 3 is 2.59 bits per heavy atom. The molecule has 1 heterocycles. The number of rotatable bonds is 8. The summed E-state index contributed by atoms with van der Waals surface area (Å²) in [6, 6.07) is 17.1. The fourth-order valence-corrected chi connectivity index (χ4v) is 5.12. The summed E-state index contributed by atoms with van der Waals surface area (Å²) in [6.45, 7) is 1.04. The molecule has 1 amide bonds. The fourth-order valence-electron chi connectivity index (χ4n) is 2.88. The molecule has 1 aliphatic rings. The van der Waals surface area contributed by atoms with Gasteiger partial charge in [0.25, 0.3) is 0 Å². The highest BCUT2D eigenvalue weighted by Gasteiger charge is 2.30. The maximum atomic E-state index is 12.6. The third-order valence-corrected chi connectivity index (χ3v) is 6.63. The standard InChI is InChI=1S/C20H23NO4S2/c1-24-17-9-5-6-10-18(17)25-13-20-21(11-12-26-20)19(22)15-27(23)14-16-7-3-2-4-8-16/h2-10,20H,11-15H2,1H3/t20-,27+/m1/s1. The van der Waals surface area contributed by atoms with Crippen molar-refractivity contribution in [1.82, 2.24) is 4.90 Å². The summed E-state index contributed by atoms with van der Waals surface area (Å²) in [4.78, 5) is 14.4. The van der Waals surface area contributed by atoms with Crippen molar-refractivity contribution in [3.63, 3.8) is 0 Å². The molecule has 1 fully saturated rings. The highest BCUT2D eigenvalue weighted by atomic mass is 32.2. The number of carbonyl (C=O) groups excluding carboxylic acids is 1. The van der Waals surface area contributed by atoms with Crippen molar-refractivity contribution in [3.8, 4) is 11.5 Å². The molecule has 0 aromatic heterocycles. The van der Waals surface area contributed by atoms with E-state index in [1.54, 1.807) is 23.8 Å². The van der Waals surface area contributed by atoms with Gasteiger partial charge in [0.2, 0.25) is 5.91 Å². The van der Waals surface area contributed by atoms with Crippen molar-refractivity contribution >= 4 is 28.5 Å². The van der Waals surface area contributed by atoms with Gasteiger partial charge < -0.3 is 14.4 Å². The van der Waals surface area contributed by atoms with Crippen LogP contribution in [0.1, 0.15) is 5.56 Å². The molecule has 7 heteroatoms. The predicted molar refractivity (Wildman–Crippen MR) is 110 cm³/mol. The van der Waals surface area contributed by atoms with Gasteiger partial charge in [-0.3, -0.25) is 9.00 Å². The van der Waals surface area contributed by atoms with E-state index in [0.717, 1.165) is 11.3 Å². The van der Waals surface area contributed by atoms with Crippen LogP contribution in [0.25, 0.3) is 0 Å². The number of amides is 1. The van der Waals surface area contributed by atoms with Gasteiger partial charge in [-0.2, -0.15) is 0 Å². The molecule has 0 radical (unpaired) electrons. The summed E-state index contributed by atoms with van der Waals surface area (Å²) in [6.07, 6.45) is 0. The number of nitrogens with zero attached hydrogens (tertiary/aromatic N) is 1. The van der Waals surface area contributed by atoms with E-state index in [0.29, 0.717) is 30.4 Å². The summed E-state index contributed by atoms with van der Waals surface area (Å²) < 4.78 is 23.5. The number of carbonyl (C=O) groups is 1. The van der Waals surface area contributed by atoms with E-state index in [-0.39, 0.29) is 17.0 Å². The van der Waals surface area contributed by atoms with Crippen molar-refractivity contribution in [2.75, 3.05) is 31.8 Å². The van der Waals surface area contributed by atoms with E-state index in [1.165, 1.54) is 0 Å². The lowest BCUT2D eigenvalue weighted by molar-refractivity contribution is -0.128. The normalized spacial score (nSPS) is 17.5. The van der Waals surface area contributed by atoms with Crippen LogP contribution in [-0.4, -0.2) is 52.2 Å². The highest BCUT2D eigenvalue weighted by molar-refractivity contribution is 8.00. The van der Waals surface area contributed by atoms with Crippen molar-refractivity contribution in [3.05, 3.63) is 60.2 Å². The summed E-state index contributed by atoms with van der Waals surface area (Å²) in [7, 11) is 0.383. The molecule has 0 saturated carbocycles. The molecule has 0 N–H and O–H groups in total. The third-order valence-electron chi connectivity index (χ3n) is 4.22. The zero-order valence-electron chi connectivity index (χ0n) is 15.2. The summed E-state index contributed by atoms with van der Waals surface area (Å²) in [5, 5.41) is -0.0730. The maximum absolute atomic E-state index is 12.6. The lowest BCUT2D eigenvalue weighted by Gasteiger charge is -2.24. The van der Waals surface area contributed by atoms with Gasteiger partial charge in [0.05, 0.1) is 7.11 Å². The molecule has 1 aliphatic heterocycles. The van der Waals surface area contributed by atoms with Gasteiger partial charge in [-0.25, -0.2) is 0 Å². The molecule has 2 aromatic carbocycles. The van der Waals surface area contributed by atoms with Crippen LogP contribution in [0.2, 0.25) is 0 Å². The first-order valence-corrected chi connectivity index (χ1v) is 11.3. The zero-order valence-corrected chi connectivity index (χ0v) is 16.8. The average Bonchev–Trinajstić information content (AvgIpc) is 3.16. The van der Waals surface area contributed by atoms with Crippen LogP contribution in [0.5, 0.6) is 11.5 Å². The molecule has 27 heavy (non-hydrogen) atoms. The Labute approximate surface area is 166 Å². The predicted octanol–water partition coefficient (Wildman–Crippen LogP) is 2.92. The number of benzene rings is 2. The lowest BCUT2D eigenvalue weighted by atomic mass is 10.2. The Bertz CT molecular complexity index is 785. The molecule has 2 aromatic rings. The van der Waals surface area contributed by atoms with Gasteiger partial charge in [-0.05, 0) is 17.7 Å². The molecule has 3 rings (SSSR count). The van der Waals surface area contributed by atoms with E-state index in [2.05, 4.69) is 0 Å². The SMILES string of the molecule is COc1ccccc1OC[C@H]1SCCN1C(=O)C[S@@](=O)Cc1ccccc1. The van der Waals surface area contributed by atoms with Gasteiger partial charge in [0, 0.05) is 28.9 Å². The zero-order chi connectivity index (χ0) is 19.1. The summed E-state index contributed by atoms with van der Waals surface area (Å²) >= 11 is 1.68. The summed E-state index contributed by atoms with van der Waals surface area (Å²) in [5.41, 5.74) is 0.982. The molecule has 0 aliphatic carbocycles. The first kappa shape index (κ1) is 19.8. The fraction of sp³-hybridized carbons (Fsp3) is 0.350. The second-order valence-electron chi connectivity index (χ2n) is 6.09. The van der Waals surface area contributed by atoms with Crippen molar-refractivity contribution in [2.24, 2.45) is 0 Å². The second kappa shape index (κ2) is 9.80. The molecule has 5 nitrogen and oxygen atoms in total. The summed E-state index contributed by atoms with van der Waals surface area (Å²) in [5.74, 6) is 2.55. The molecule has 144 valence electrons. The smallest absolute Gasteiger partial charge is 0.236 e. The van der Waals surface area contributed by atoms with Gasteiger partial charge in [0.15, 0.2) is 11.5 Å². The first-order valence-electron chi connectivity index (χ1n) is 8.73. The van der Waals surface area contributed by atoms with Gasteiger partial charge in [-0.1, -0.05) is 42.5 Å². The van der Waals surface area contributed by atoms with Crippen LogP contribution < -0.4 is 9.47 Å². The third kappa shape index (κ3) is 5.49. The minimum atomic E-state index is -1.22. The number of methoxy groups -OCH3 is 1. The molecule has 0 unspecified atom stereocenters. The molecule has 1 saturated heterocycles. The van der Waals surface area contributed by atoms with Gasteiger partial charge in [0.1, 0.15) is 17.7 Å². The Morgan fingerprint density at radius 2 is 1.85 bits per heavy atom. The van der Waals surface area contributed by atoms with Crippen LogP contribution in [0.3, 0.4) is 0 Å². The molecule has 2 atom stereocenters. The van der Waals surface area contributed by atoms with E-state index < -0.39 is 10.8 Å². The van der Waals surface area contributed by atoms with E-state index >= 15 is 0 Å². The number of hydrogen-bond donors (Lipinski definition) is 0. The first-order chi connectivity index (χ1) is 13.2. The van der Waals surface area contributed by atoms with E-state index in [4.69, 9.17) is 9.47 Å². The molecular weight excluding hydrogens is 382 g/mol. The molecular formula is C20H23NO4S2. The quantitative estimate of drug-likeness (QED) is 0.676. The Balaban J connectivity index is 1.54.